The standard InChI is InChI=1S/C26H48N2O7/c1-23(29)13-8-4-2-6-10-17-27-24(30)15-21-34-19-12-20-35-22-16-25(31)28-18-11-7-3-5-9-14-26(32)33/h2-22H2,1H3,(H,27,30)(H,28,31)(H,32,33). The average molecular weight is 501 g/mol. The molecule has 0 bridgehead atoms. The number of unbranched alkanes of at least 4 members (excludes halogenated alkanes) is 8. The molecule has 0 aliphatic heterocycles. The Bertz CT molecular complexity index is 522. The number of carbonyl (C=O) groups excluding carboxylic acids is 3. The molecule has 0 saturated heterocycles. The molecule has 0 spiro atoms. The van der Waals surface area contributed by atoms with Gasteiger partial charge in [-0.15, -0.1) is 0 Å². The molecule has 0 unspecified atom stereocenters. The molecule has 0 rings (SSSR count). The molecule has 0 atom stereocenters. The SMILES string of the molecule is CC(=O)CCCCCCCNC(=O)CCOCCCOCCC(=O)NCCCCCCCC(=O)O. The fourth-order valence-corrected chi connectivity index (χ4v) is 3.39. The second-order valence-corrected chi connectivity index (χ2v) is 8.91. The van der Waals surface area contributed by atoms with Gasteiger partial charge >= 0.3 is 5.97 Å². The number of amides is 2. The fourth-order valence-electron chi connectivity index (χ4n) is 3.39. The average Bonchev–Trinajstić information content (AvgIpc) is 2.81. The lowest BCUT2D eigenvalue weighted by Crippen LogP contribution is -2.25. The number of carboxylic acids is 1. The zero-order valence-corrected chi connectivity index (χ0v) is 21.7. The third-order valence-corrected chi connectivity index (χ3v) is 5.44. The van der Waals surface area contributed by atoms with Crippen LogP contribution in [0.5, 0.6) is 0 Å². The molecule has 0 heterocycles. The van der Waals surface area contributed by atoms with Gasteiger partial charge in [0.05, 0.1) is 13.2 Å². The van der Waals surface area contributed by atoms with Crippen molar-refractivity contribution in [1.82, 2.24) is 10.6 Å². The number of ketones is 1. The van der Waals surface area contributed by atoms with E-state index in [4.69, 9.17) is 14.6 Å². The van der Waals surface area contributed by atoms with E-state index in [0.29, 0.717) is 65.2 Å². The highest BCUT2D eigenvalue weighted by atomic mass is 16.5. The van der Waals surface area contributed by atoms with Crippen LogP contribution in [0.15, 0.2) is 0 Å². The number of hydrogen-bond donors (Lipinski definition) is 3. The molecule has 0 aromatic heterocycles. The van der Waals surface area contributed by atoms with Crippen LogP contribution in [0.4, 0.5) is 0 Å². The van der Waals surface area contributed by atoms with Crippen LogP contribution in [-0.4, -0.2) is 68.2 Å². The Labute approximate surface area is 211 Å². The molecule has 0 aromatic rings. The topological polar surface area (TPSA) is 131 Å². The summed E-state index contributed by atoms with van der Waals surface area (Å²) in [7, 11) is 0. The molecular formula is C26H48N2O7. The van der Waals surface area contributed by atoms with Crippen molar-refractivity contribution in [3.8, 4) is 0 Å². The summed E-state index contributed by atoms with van der Waals surface area (Å²) in [5, 5.41) is 14.3. The Morgan fingerprint density at radius 3 is 1.43 bits per heavy atom. The van der Waals surface area contributed by atoms with Crippen molar-refractivity contribution in [3.05, 3.63) is 0 Å². The van der Waals surface area contributed by atoms with Crippen LogP contribution in [0.1, 0.15) is 103 Å². The molecule has 2 amide bonds. The number of hydrogen-bond acceptors (Lipinski definition) is 6. The van der Waals surface area contributed by atoms with Crippen molar-refractivity contribution in [3.63, 3.8) is 0 Å². The van der Waals surface area contributed by atoms with Gasteiger partial charge < -0.3 is 30.0 Å². The van der Waals surface area contributed by atoms with E-state index < -0.39 is 5.97 Å². The number of aliphatic carboxylic acids is 1. The summed E-state index contributed by atoms with van der Waals surface area (Å²) in [6, 6.07) is 0. The first-order chi connectivity index (χ1) is 16.9. The van der Waals surface area contributed by atoms with Crippen molar-refractivity contribution in [2.45, 2.75) is 103 Å². The molecule has 0 aromatic carbocycles. The summed E-state index contributed by atoms with van der Waals surface area (Å²) in [5.41, 5.74) is 0. The molecule has 9 nitrogen and oxygen atoms in total. The van der Waals surface area contributed by atoms with Crippen molar-refractivity contribution in [1.29, 1.82) is 0 Å². The van der Waals surface area contributed by atoms with Gasteiger partial charge in [-0.05, 0) is 39.0 Å². The second kappa shape index (κ2) is 25.1. The molecule has 35 heavy (non-hydrogen) atoms. The maximum atomic E-state index is 11.8. The van der Waals surface area contributed by atoms with Gasteiger partial charge in [0, 0.05) is 52.0 Å². The monoisotopic (exact) mass is 500 g/mol. The van der Waals surface area contributed by atoms with Crippen LogP contribution in [0, 0.1) is 0 Å². The minimum Gasteiger partial charge on any atom is -0.481 e. The summed E-state index contributed by atoms with van der Waals surface area (Å²) in [5.74, 6) is -0.517. The van der Waals surface area contributed by atoms with Gasteiger partial charge in [-0.1, -0.05) is 38.5 Å². The zero-order chi connectivity index (χ0) is 26.0. The van der Waals surface area contributed by atoms with E-state index in [1.165, 1.54) is 0 Å². The molecule has 0 saturated carbocycles. The number of ether oxygens (including phenoxy) is 2. The summed E-state index contributed by atoms with van der Waals surface area (Å²) >= 11 is 0. The predicted molar refractivity (Wildman–Crippen MR) is 135 cm³/mol. The van der Waals surface area contributed by atoms with Gasteiger partial charge in [0.25, 0.3) is 0 Å². The Hall–Kier alpha value is -2.00. The van der Waals surface area contributed by atoms with Crippen molar-refractivity contribution in [2.24, 2.45) is 0 Å². The van der Waals surface area contributed by atoms with Gasteiger partial charge in [0.1, 0.15) is 5.78 Å². The maximum Gasteiger partial charge on any atom is 0.303 e. The summed E-state index contributed by atoms with van der Waals surface area (Å²) < 4.78 is 10.9. The third kappa shape index (κ3) is 28.1. The summed E-state index contributed by atoms with van der Waals surface area (Å²) in [6.07, 6.45) is 11.9. The van der Waals surface area contributed by atoms with Crippen LogP contribution in [0.3, 0.4) is 0 Å². The normalized spacial score (nSPS) is 10.8. The van der Waals surface area contributed by atoms with Gasteiger partial charge in [-0.2, -0.15) is 0 Å². The molecule has 204 valence electrons. The molecule has 3 N–H and O–H groups in total. The van der Waals surface area contributed by atoms with Crippen molar-refractivity contribution < 1.29 is 33.8 Å². The number of carbonyl (C=O) groups is 4. The second-order valence-electron chi connectivity index (χ2n) is 8.91. The first kappa shape index (κ1) is 33.0. The van der Waals surface area contributed by atoms with Gasteiger partial charge in [-0.3, -0.25) is 14.4 Å². The van der Waals surface area contributed by atoms with E-state index in [-0.39, 0.29) is 24.0 Å². The molecular weight excluding hydrogens is 452 g/mol. The third-order valence-electron chi connectivity index (χ3n) is 5.44. The lowest BCUT2D eigenvalue weighted by atomic mass is 10.1. The lowest BCUT2D eigenvalue weighted by Gasteiger charge is -2.08. The van der Waals surface area contributed by atoms with E-state index >= 15 is 0 Å². The van der Waals surface area contributed by atoms with Crippen molar-refractivity contribution >= 4 is 23.6 Å². The number of carboxylic acid groups (broad SMARTS) is 1. The fraction of sp³-hybridized carbons (Fsp3) is 0.846. The summed E-state index contributed by atoms with van der Waals surface area (Å²) in [6.45, 7) is 4.75. The Morgan fingerprint density at radius 2 is 0.971 bits per heavy atom. The van der Waals surface area contributed by atoms with E-state index in [0.717, 1.165) is 64.2 Å². The quantitative estimate of drug-likeness (QED) is 0.154. The summed E-state index contributed by atoms with van der Waals surface area (Å²) in [4.78, 5) is 44.8. The molecule has 9 heteroatoms. The van der Waals surface area contributed by atoms with E-state index in [2.05, 4.69) is 10.6 Å². The molecule has 0 aliphatic rings. The first-order valence-corrected chi connectivity index (χ1v) is 13.3. The molecule has 0 fully saturated rings. The minimum atomic E-state index is -0.746. The number of nitrogens with one attached hydrogen (secondary N) is 2. The highest BCUT2D eigenvalue weighted by Crippen LogP contribution is 2.06. The van der Waals surface area contributed by atoms with Crippen LogP contribution in [0.2, 0.25) is 0 Å². The van der Waals surface area contributed by atoms with Crippen LogP contribution in [-0.2, 0) is 28.7 Å². The highest BCUT2D eigenvalue weighted by Gasteiger charge is 2.03. The van der Waals surface area contributed by atoms with Gasteiger partial charge in [-0.25, -0.2) is 0 Å². The van der Waals surface area contributed by atoms with Crippen LogP contribution in [0.25, 0.3) is 0 Å². The van der Waals surface area contributed by atoms with E-state index in [9.17, 15) is 19.2 Å². The van der Waals surface area contributed by atoms with Crippen LogP contribution >= 0.6 is 0 Å². The van der Waals surface area contributed by atoms with Crippen molar-refractivity contribution in [2.75, 3.05) is 39.5 Å². The number of rotatable bonds is 26. The Kier molecular flexibility index (Phi) is 23.7. The first-order valence-electron chi connectivity index (χ1n) is 13.3. The smallest absolute Gasteiger partial charge is 0.303 e. The molecule has 0 aliphatic carbocycles. The lowest BCUT2D eigenvalue weighted by molar-refractivity contribution is -0.137. The van der Waals surface area contributed by atoms with Crippen LogP contribution < -0.4 is 10.6 Å². The largest absolute Gasteiger partial charge is 0.481 e. The zero-order valence-electron chi connectivity index (χ0n) is 21.7. The minimum absolute atomic E-state index is 0.00188. The highest BCUT2D eigenvalue weighted by molar-refractivity contribution is 5.76. The van der Waals surface area contributed by atoms with Gasteiger partial charge in [0.15, 0.2) is 0 Å². The van der Waals surface area contributed by atoms with E-state index in [1.54, 1.807) is 6.92 Å². The molecule has 0 radical (unpaired) electrons. The Morgan fingerprint density at radius 1 is 0.543 bits per heavy atom. The number of Topliss-reactive ketones (excluding diaryl/α,β-unsaturated/α-hetero) is 1. The predicted octanol–water partition coefficient (Wildman–Crippen LogP) is 3.78. The Balaban J connectivity index is 3.28. The van der Waals surface area contributed by atoms with E-state index in [1.807, 2.05) is 0 Å². The maximum absolute atomic E-state index is 11.8. The van der Waals surface area contributed by atoms with Gasteiger partial charge in [0.2, 0.25) is 11.8 Å².